The van der Waals surface area contributed by atoms with Crippen LogP contribution in [0.15, 0.2) is 24.3 Å². The Morgan fingerprint density at radius 2 is 2.14 bits per heavy atom. The number of carbonyl (C=O) groups is 1. The number of nitrogens with zero attached hydrogens (tertiary/aromatic N) is 1. The molecule has 1 amide bonds. The lowest BCUT2D eigenvalue weighted by molar-refractivity contribution is -0.121. The number of likely N-dealkylation sites (tertiary alicyclic amines) is 1. The largest absolute Gasteiger partial charge is 0.497 e. The van der Waals surface area contributed by atoms with Crippen LogP contribution < -0.4 is 10.1 Å². The van der Waals surface area contributed by atoms with E-state index in [2.05, 4.69) is 17.1 Å². The Bertz CT molecular complexity index is 459. The molecule has 4 heteroatoms. The normalized spacial score (nSPS) is 18.9. The summed E-state index contributed by atoms with van der Waals surface area (Å²) >= 11 is 0. The fourth-order valence-electron chi connectivity index (χ4n) is 2.98. The minimum absolute atomic E-state index is 0.159. The Balaban J connectivity index is 1.60. The Kier molecular flexibility index (Phi) is 6.72. The zero-order valence-corrected chi connectivity index (χ0v) is 13.8. The lowest BCUT2D eigenvalue weighted by atomic mass is 10.0. The van der Waals surface area contributed by atoms with Crippen LogP contribution >= 0.6 is 0 Å². The number of benzene rings is 1. The van der Waals surface area contributed by atoms with Gasteiger partial charge in [0.2, 0.25) is 5.91 Å². The number of rotatable bonds is 7. The number of piperidine rings is 1. The van der Waals surface area contributed by atoms with Crippen molar-refractivity contribution in [2.24, 2.45) is 5.92 Å². The summed E-state index contributed by atoms with van der Waals surface area (Å²) in [6.07, 6.45) is 4.05. The highest BCUT2D eigenvalue weighted by atomic mass is 16.5. The van der Waals surface area contributed by atoms with Crippen molar-refractivity contribution in [3.05, 3.63) is 29.8 Å². The standard InChI is InChI=1S/C18H28N2O2/c1-15-4-3-12-20(14-15)13-10-18(21)19-11-9-16-5-7-17(22-2)8-6-16/h5-8,15H,3-4,9-14H2,1-2H3,(H,19,21). The molecule has 0 saturated carbocycles. The van der Waals surface area contributed by atoms with Gasteiger partial charge < -0.3 is 15.0 Å². The third kappa shape index (κ3) is 5.68. The molecule has 22 heavy (non-hydrogen) atoms. The molecule has 1 atom stereocenters. The lowest BCUT2D eigenvalue weighted by Gasteiger charge is -2.30. The molecule has 1 fully saturated rings. The number of carbonyl (C=O) groups excluding carboxylic acids is 1. The van der Waals surface area contributed by atoms with Crippen LogP contribution in [0.1, 0.15) is 31.7 Å². The Morgan fingerprint density at radius 3 is 2.82 bits per heavy atom. The quantitative estimate of drug-likeness (QED) is 0.841. The monoisotopic (exact) mass is 304 g/mol. The molecule has 0 aliphatic carbocycles. The minimum Gasteiger partial charge on any atom is -0.497 e. The van der Waals surface area contributed by atoms with Crippen molar-refractivity contribution in [1.82, 2.24) is 10.2 Å². The first-order chi connectivity index (χ1) is 10.7. The smallest absolute Gasteiger partial charge is 0.221 e. The molecule has 122 valence electrons. The lowest BCUT2D eigenvalue weighted by Crippen LogP contribution is -2.37. The van der Waals surface area contributed by atoms with E-state index < -0.39 is 0 Å². The molecule has 1 saturated heterocycles. The van der Waals surface area contributed by atoms with E-state index in [1.54, 1.807) is 7.11 Å². The molecule has 1 aliphatic rings. The van der Waals surface area contributed by atoms with Crippen molar-refractivity contribution in [2.45, 2.75) is 32.6 Å². The maximum Gasteiger partial charge on any atom is 0.221 e. The van der Waals surface area contributed by atoms with E-state index in [0.29, 0.717) is 13.0 Å². The van der Waals surface area contributed by atoms with Gasteiger partial charge in [0, 0.05) is 26.1 Å². The van der Waals surface area contributed by atoms with Crippen molar-refractivity contribution in [1.29, 1.82) is 0 Å². The van der Waals surface area contributed by atoms with Crippen LogP contribution in [0.5, 0.6) is 5.75 Å². The maximum absolute atomic E-state index is 11.9. The van der Waals surface area contributed by atoms with Crippen LogP contribution in [0.3, 0.4) is 0 Å². The highest BCUT2D eigenvalue weighted by Crippen LogP contribution is 2.15. The summed E-state index contributed by atoms with van der Waals surface area (Å²) in [5, 5.41) is 3.01. The molecule has 0 aromatic heterocycles. The van der Waals surface area contributed by atoms with Gasteiger partial charge in [-0.25, -0.2) is 0 Å². The highest BCUT2D eigenvalue weighted by molar-refractivity contribution is 5.76. The van der Waals surface area contributed by atoms with Crippen molar-refractivity contribution >= 4 is 5.91 Å². The first-order valence-corrected chi connectivity index (χ1v) is 8.29. The fourth-order valence-corrected chi connectivity index (χ4v) is 2.98. The van der Waals surface area contributed by atoms with Crippen LogP contribution in [0.4, 0.5) is 0 Å². The SMILES string of the molecule is COc1ccc(CCNC(=O)CCN2CCCC(C)C2)cc1. The molecule has 1 unspecified atom stereocenters. The van der Waals surface area contributed by atoms with Gasteiger partial charge in [-0.2, -0.15) is 0 Å². The van der Waals surface area contributed by atoms with Crippen molar-refractivity contribution in [3.63, 3.8) is 0 Å². The fraction of sp³-hybridized carbons (Fsp3) is 0.611. The van der Waals surface area contributed by atoms with Crippen LogP contribution in [0, 0.1) is 5.92 Å². The Morgan fingerprint density at radius 1 is 1.36 bits per heavy atom. The average molecular weight is 304 g/mol. The molecule has 1 aromatic carbocycles. The van der Waals surface area contributed by atoms with Crippen LogP contribution in [0.2, 0.25) is 0 Å². The van der Waals surface area contributed by atoms with Gasteiger partial charge in [0.25, 0.3) is 0 Å². The van der Waals surface area contributed by atoms with E-state index in [1.165, 1.54) is 18.4 Å². The maximum atomic E-state index is 11.9. The number of nitrogens with one attached hydrogen (secondary N) is 1. The summed E-state index contributed by atoms with van der Waals surface area (Å²) in [5.74, 6) is 1.79. The van der Waals surface area contributed by atoms with E-state index >= 15 is 0 Å². The summed E-state index contributed by atoms with van der Waals surface area (Å²) in [5.41, 5.74) is 1.21. The second kappa shape index (κ2) is 8.79. The first-order valence-electron chi connectivity index (χ1n) is 8.29. The molecule has 1 heterocycles. The third-order valence-corrected chi connectivity index (χ3v) is 4.29. The highest BCUT2D eigenvalue weighted by Gasteiger charge is 2.16. The summed E-state index contributed by atoms with van der Waals surface area (Å²) < 4.78 is 5.13. The molecule has 0 radical (unpaired) electrons. The topological polar surface area (TPSA) is 41.6 Å². The molecule has 0 spiro atoms. The summed E-state index contributed by atoms with van der Waals surface area (Å²) in [4.78, 5) is 14.3. The van der Waals surface area contributed by atoms with Gasteiger partial charge in [0.15, 0.2) is 0 Å². The van der Waals surface area contributed by atoms with Gasteiger partial charge in [-0.1, -0.05) is 19.1 Å². The minimum atomic E-state index is 0.159. The number of amides is 1. The Labute approximate surface area is 133 Å². The molecular weight excluding hydrogens is 276 g/mol. The molecule has 1 N–H and O–H groups in total. The van der Waals surface area contributed by atoms with Gasteiger partial charge in [-0.3, -0.25) is 4.79 Å². The summed E-state index contributed by atoms with van der Waals surface area (Å²) in [7, 11) is 1.66. The predicted molar refractivity (Wildman–Crippen MR) is 89.2 cm³/mol. The van der Waals surface area contributed by atoms with Crippen LogP contribution in [-0.4, -0.2) is 44.1 Å². The van der Waals surface area contributed by atoms with Crippen LogP contribution in [0.25, 0.3) is 0 Å². The van der Waals surface area contributed by atoms with E-state index in [4.69, 9.17) is 4.74 Å². The predicted octanol–water partition coefficient (Wildman–Crippen LogP) is 2.48. The third-order valence-electron chi connectivity index (χ3n) is 4.29. The van der Waals surface area contributed by atoms with Crippen molar-refractivity contribution < 1.29 is 9.53 Å². The Hall–Kier alpha value is -1.55. The first kappa shape index (κ1) is 16.8. The van der Waals surface area contributed by atoms with E-state index in [0.717, 1.165) is 37.7 Å². The number of methoxy groups -OCH3 is 1. The molecule has 2 rings (SSSR count). The van der Waals surface area contributed by atoms with Crippen LogP contribution in [-0.2, 0) is 11.2 Å². The molecule has 1 aliphatic heterocycles. The van der Waals surface area contributed by atoms with E-state index in [9.17, 15) is 4.79 Å². The summed E-state index contributed by atoms with van der Waals surface area (Å²) in [6.45, 7) is 6.16. The van der Waals surface area contributed by atoms with Gasteiger partial charge in [-0.05, 0) is 49.4 Å². The van der Waals surface area contributed by atoms with Crippen molar-refractivity contribution in [3.8, 4) is 5.75 Å². The average Bonchev–Trinajstić information content (AvgIpc) is 2.54. The second-order valence-corrected chi connectivity index (χ2v) is 6.25. The van der Waals surface area contributed by atoms with Crippen molar-refractivity contribution in [2.75, 3.05) is 33.3 Å². The molecule has 0 bridgehead atoms. The zero-order valence-electron chi connectivity index (χ0n) is 13.8. The number of hydrogen-bond acceptors (Lipinski definition) is 3. The molecule has 4 nitrogen and oxygen atoms in total. The van der Waals surface area contributed by atoms with Gasteiger partial charge in [0.05, 0.1) is 7.11 Å². The number of hydrogen-bond donors (Lipinski definition) is 1. The van der Waals surface area contributed by atoms with Gasteiger partial charge in [-0.15, -0.1) is 0 Å². The van der Waals surface area contributed by atoms with E-state index in [1.807, 2.05) is 24.3 Å². The summed E-state index contributed by atoms with van der Waals surface area (Å²) in [6, 6.07) is 7.99. The number of ether oxygens (including phenoxy) is 1. The molecular formula is C18H28N2O2. The molecule has 1 aromatic rings. The second-order valence-electron chi connectivity index (χ2n) is 6.25. The van der Waals surface area contributed by atoms with Gasteiger partial charge in [0.1, 0.15) is 5.75 Å². The van der Waals surface area contributed by atoms with Gasteiger partial charge >= 0.3 is 0 Å². The zero-order chi connectivity index (χ0) is 15.8. The van der Waals surface area contributed by atoms with E-state index in [-0.39, 0.29) is 5.91 Å².